The summed E-state index contributed by atoms with van der Waals surface area (Å²) in [4.78, 5) is 13.2. The zero-order valence-electron chi connectivity index (χ0n) is 9.36. The van der Waals surface area contributed by atoms with Crippen LogP contribution in [0.15, 0.2) is 0 Å². The van der Waals surface area contributed by atoms with Gasteiger partial charge in [-0.05, 0) is 6.42 Å². The van der Waals surface area contributed by atoms with Gasteiger partial charge in [0.1, 0.15) is 0 Å². The number of carbonyl (C=O) groups excluding carboxylic acids is 1. The van der Waals surface area contributed by atoms with E-state index in [0.29, 0.717) is 6.54 Å². The molecule has 0 aliphatic heterocycles. The molecule has 0 rings (SSSR count). The first-order valence-electron chi connectivity index (χ1n) is 4.97. The van der Waals surface area contributed by atoms with Gasteiger partial charge in [0.15, 0.2) is 13.1 Å². The summed E-state index contributed by atoms with van der Waals surface area (Å²) >= 11 is 1.70. The van der Waals surface area contributed by atoms with E-state index in [2.05, 4.69) is 0 Å². The number of sulfone groups is 1. The summed E-state index contributed by atoms with van der Waals surface area (Å²) in [5.41, 5.74) is 0. The van der Waals surface area contributed by atoms with Gasteiger partial charge in [-0.3, -0.25) is 4.79 Å². The van der Waals surface area contributed by atoms with Gasteiger partial charge in [0.2, 0.25) is 0 Å². The highest BCUT2D eigenvalue weighted by molar-refractivity contribution is 14.1. The molecule has 0 saturated heterocycles. The van der Waals surface area contributed by atoms with Crippen molar-refractivity contribution >= 4 is 38.3 Å². The molecule has 0 aromatic rings. The molecule has 0 aromatic heterocycles. The zero-order chi connectivity index (χ0) is 12.1. The van der Waals surface area contributed by atoms with Crippen LogP contribution in [0.4, 0.5) is 0 Å². The third-order valence-corrected chi connectivity index (χ3v) is 6.63. The highest BCUT2D eigenvalue weighted by Gasteiger charge is 2.30. The van der Waals surface area contributed by atoms with Gasteiger partial charge in [0.05, 0.1) is 0 Å². The molecule has 6 heteroatoms. The molecule has 0 fully saturated rings. The van der Waals surface area contributed by atoms with Gasteiger partial charge in [-0.1, -0.05) is 42.9 Å². The van der Waals surface area contributed by atoms with Crippen LogP contribution in [0, 0.1) is 0 Å². The summed E-state index contributed by atoms with van der Waals surface area (Å²) in [5.74, 6) is -0.306. The van der Waals surface area contributed by atoms with Crippen molar-refractivity contribution in [3.8, 4) is 0 Å². The van der Waals surface area contributed by atoms with Crippen LogP contribution in [-0.2, 0) is 14.6 Å². The SMILES string of the molecule is CCCCN(C)C(=O)C(I)S(=O)(=O)CC. The van der Waals surface area contributed by atoms with Crippen LogP contribution in [0.1, 0.15) is 26.7 Å². The minimum atomic E-state index is -3.27. The number of alkyl halides is 1. The fourth-order valence-electron chi connectivity index (χ4n) is 0.979. The molecule has 0 aliphatic rings. The van der Waals surface area contributed by atoms with Crippen molar-refractivity contribution < 1.29 is 13.2 Å². The van der Waals surface area contributed by atoms with Crippen LogP contribution < -0.4 is 0 Å². The summed E-state index contributed by atoms with van der Waals surface area (Å²) < 4.78 is 22.0. The van der Waals surface area contributed by atoms with Gasteiger partial charge in [0, 0.05) is 19.3 Å². The van der Waals surface area contributed by atoms with Crippen LogP contribution in [0.2, 0.25) is 0 Å². The van der Waals surface area contributed by atoms with Crippen LogP contribution in [0.3, 0.4) is 0 Å². The third-order valence-electron chi connectivity index (χ3n) is 2.14. The van der Waals surface area contributed by atoms with Crippen LogP contribution >= 0.6 is 22.6 Å². The van der Waals surface area contributed by atoms with E-state index in [1.54, 1.807) is 36.6 Å². The van der Waals surface area contributed by atoms with Crippen LogP contribution in [-0.4, -0.2) is 41.8 Å². The number of amides is 1. The van der Waals surface area contributed by atoms with Crippen molar-refractivity contribution in [2.24, 2.45) is 0 Å². The minimum Gasteiger partial charge on any atom is -0.344 e. The molecule has 1 atom stereocenters. The van der Waals surface area contributed by atoms with Gasteiger partial charge in [-0.25, -0.2) is 8.42 Å². The van der Waals surface area contributed by atoms with E-state index in [4.69, 9.17) is 0 Å². The molecule has 1 unspecified atom stereocenters. The average molecular weight is 347 g/mol. The molecule has 1 amide bonds. The normalized spacial score (nSPS) is 13.6. The maximum Gasteiger partial charge on any atom is 0.250 e. The Morgan fingerprint density at radius 2 is 1.93 bits per heavy atom. The van der Waals surface area contributed by atoms with E-state index in [9.17, 15) is 13.2 Å². The summed E-state index contributed by atoms with van der Waals surface area (Å²) in [6, 6.07) is 0. The Kier molecular flexibility index (Phi) is 6.74. The molecule has 0 heterocycles. The molecule has 4 nitrogen and oxygen atoms in total. The van der Waals surface area contributed by atoms with Crippen LogP contribution in [0.5, 0.6) is 0 Å². The predicted octanol–water partition coefficient (Wildman–Crippen LogP) is 1.44. The average Bonchev–Trinajstić information content (AvgIpc) is 2.23. The third kappa shape index (κ3) is 4.67. The molecular formula is C9H18INO3S. The van der Waals surface area contributed by atoms with Crippen molar-refractivity contribution in [2.45, 2.75) is 29.9 Å². The molecule has 0 bridgehead atoms. The lowest BCUT2D eigenvalue weighted by molar-refractivity contribution is -0.127. The lowest BCUT2D eigenvalue weighted by atomic mass is 10.3. The van der Waals surface area contributed by atoms with Crippen molar-refractivity contribution in [2.75, 3.05) is 19.3 Å². The predicted molar refractivity (Wildman–Crippen MR) is 69.8 cm³/mol. The lowest BCUT2D eigenvalue weighted by Crippen LogP contribution is -2.38. The second-order valence-electron chi connectivity index (χ2n) is 3.38. The number of nitrogens with zero attached hydrogens (tertiary/aromatic N) is 1. The summed E-state index contributed by atoms with van der Waals surface area (Å²) in [6.07, 6.45) is 1.89. The Bertz CT molecular complexity index is 302. The van der Waals surface area contributed by atoms with Crippen molar-refractivity contribution in [1.29, 1.82) is 0 Å². The molecule has 0 saturated carbocycles. The minimum absolute atomic E-state index is 0.00790. The molecule has 0 radical (unpaired) electrons. The number of halogens is 1. The zero-order valence-corrected chi connectivity index (χ0v) is 12.3. The van der Waals surface area contributed by atoms with E-state index >= 15 is 0 Å². The molecular weight excluding hydrogens is 329 g/mol. The van der Waals surface area contributed by atoms with Gasteiger partial charge in [-0.2, -0.15) is 0 Å². The van der Waals surface area contributed by atoms with Crippen LogP contribution in [0.25, 0.3) is 0 Å². The second-order valence-corrected chi connectivity index (χ2v) is 7.85. The number of rotatable bonds is 6. The van der Waals surface area contributed by atoms with Crippen molar-refractivity contribution in [1.82, 2.24) is 4.90 Å². The number of unbranched alkanes of at least 4 members (excludes halogenated alkanes) is 1. The Morgan fingerprint density at radius 1 is 1.40 bits per heavy atom. The Morgan fingerprint density at radius 3 is 2.33 bits per heavy atom. The number of hydrogen-bond donors (Lipinski definition) is 0. The molecule has 90 valence electrons. The van der Waals surface area contributed by atoms with Gasteiger partial charge in [-0.15, -0.1) is 0 Å². The van der Waals surface area contributed by atoms with Gasteiger partial charge < -0.3 is 4.90 Å². The maximum absolute atomic E-state index is 11.7. The number of hydrogen-bond acceptors (Lipinski definition) is 3. The van der Waals surface area contributed by atoms with Crippen molar-refractivity contribution in [3.05, 3.63) is 0 Å². The van der Waals surface area contributed by atoms with Gasteiger partial charge >= 0.3 is 0 Å². The first kappa shape index (κ1) is 15.2. The van der Waals surface area contributed by atoms with E-state index in [1.165, 1.54) is 4.90 Å². The first-order valence-corrected chi connectivity index (χ1v) is 7.93. The summed E-state index contributed by atoms with van der Waals surface area (Å²) in [6.45, 7) is 4.21. The van der Waals surface area contributed by atoms with E-state index in [-0.39, 0.29) is 11.7 Å². The highest BCUT2D eigenvalue weighted by atomic mass is 127. The fourth-order valence-corrected chi connectivity index (χ4v) is 3.31. The second kappa shape index (κ2) is 6.67. The maximum atomic E-state index is 11.7. The first-order chi connectivity index (χ1) is 6.86. The molecule has 0 N–H and O–H groups in total. The van der Waals surface area contributed by atoms with Crippen molar-refractivity contribution in [3.63, 3.8) is 0 Å². The van der Waals surface area contributed by atoms with E-state index < -0.39 is 13.1 Å². The smallest absolute Gasteiger partial charge is 0.250 e. The molecule has 0 aromatic carbocycles. The fraction of sp³-hybridized carbons (Fsp3) is 0.889. The van der Waals surface area contributed by atoms with Gasteiger partial charge in [0.25, 0.3) is 5.91 Å². The monoisotopic (exact) mass is 347 g/mol. The Hall–Kier alpha value is 0.150. The standard InChI is InChI=1S/C9H18INO3S/c1-4-6-7-11(3)9(12)8(10)15(13,14)5-2/h8H,4-7H2,1-3H3. The number of carbonyl (C=O) groups is 1. The molecule has 15 heavy (non-hydrogen) atoms. The molecule has 0 aliphatic carbocycles. The highest BCUT2D eigenvalue weighted by Crippen LogP contribution is 2.14. The largest absolute Gasteiger partial charge is 0.344 e. The molecule has 0 spiro atoms. The summed E-state index contributed by atoms with van der Waals surface area (Å²) in [5, 5.41) is 0. The Balaban J connectivity index is 4.45. The van der Waals surface area contributed by atoms with E-state index in [1.807, 2.05) is 6.92 Å². The quantitative estimate of drug-likeness (QED) is 0.540. The topological polar surface area (TPSA) is 54.5 Å². The lowest BCUT2D eigenvalue weighted by Gasteiger charge is -2.19. The Labute approximate surface area is 105 Å². The summed E-state index contributed by atoms with van der Waals surface area (Å²) in [7, 11) is -1.62. The van der Waals surface area contributed by atoms with E-state index in [0.717, 1.165) is 12.8 Å².